The van der Waals surface area contributed by atoms with Gasteiger partial charge in [-0.3, -0.25) is 4.79 Å². The summed E-state index contributed by atoms with van der Waals surface area (Å²) < 4.78 is 23.8. The monoisotopic (exact) mass is 304 g/mol. The molecule has 1 unspecified atom stereocenters. The van der Waals surface area contributed by atoms with E-state index < -0.39 is 20.6 Å². The van der Waals surface area contributed by atoms with E-state index >= 15 is 0 Å². The Morgan fingerprint density at radius 1 is 1.45 bits per heavy atom. The predicted octanol–water partition coefficient (Wildman–Crippen LogP) is 0.454. The van der Waals surface area contributed by atoms with E-state index in [1.165, 1.54) is 18.5 Å². The molecule has 0 aromatic carbocycles. The van der Waals surface area contributed by atoms with Crippen molar-refractivity contribution in [2.45, 2.75) is 44.9 Å². The standard InChI is InChI=1S/C11H20N4O4S/c1-5-8(6-9(16)17)7-15-10(12-13-14-15)11(2,3)20(4,18)19/h8H,5-7H2,1-4H3,(H,16,17). The first-order chi connectivity index (χ1) is 9.09. The zero-order chi connectivity index (χ0) is 15.6. The van der Waals surface area contributed by atoms with Crippen LogP contribution in [0.15, 0.2) is 0 Å². The van der Waals surface area contributed by atoms with Crippen LogP contribution >= 0.6 is 0 Å². The Balaban J connectivity index is 3.06. The van der Waals surface area contributed by atoms with Crippen LogP contribution in [0.2, 0.25) is 0 Å². The molecule has 1 aromatic rings. The topological polar surface area (TPSA) is 115 Å². The van der Waals surface area contributed by atoms with Crippen molar-refractivity contribution in [3.8, 4) is 0 Å². The van der Waals surface area contributed by atoms with E-state index in [0.717, 1.165) is 6.26 Å². The van der Waals surface area contributed by atoms with Crippen LogP contribution in [0.1, 0.15) is 39.4 Å². The minimum atomic E-state index is -3.39. The van der Waals surface area contributed by atoms with Gasteiger partial charge in [-0.2, -0.15) is 0 Å². The van der Waals surface area contributed by atoms with E-state index in [0.29, 0.717) is 6.42 Å². The van der Waals surface area contributed by atoms with E-state index in [2.05, 4.69) is 15.5 Å². The summed E-state index contributed by atoms with van der Waals surface area (Å²) in [5, 5.41) is 20.0. The Morgan fingerprint density at radius 3 is 2.50 bits per heavy atom. The predicted molar refractivity (Wildman–Crippen MR) is 71.7 cm³/mol. The lowest BCUT2D eigenvalue weighted by atomic mass is 10.0. The molecule has 0 fully saturated rings. The van der Waals surface area contributed by atoms with Crippen LogP contribution in [-0.4, -0.2) is 46.0 Å². The molecule has 0 saturated heterocycles. The van der Waals surface area contributed by atoms with Gasteiger partial charge in [-0.05, 0) is 30.2 Å². The Hall–Kier alpha value is -1.51. The third-order valence-electron chi connectivity index (χ3n) is 3.47. The molecular formula is C11H20N4O4S. The summed E-state index contributed by atoms with van der Waals surface area (Å²) in [5.41, 5.74) is 0. The first kappa shape index (κ1) is 16.5. The van der Waals surface area contributed by atoms with Crippen LogP contribution in [0.4, 0.5) is 0 Å². The number of aromatic nitrogens is 4. The summed E-state index contributed by atoms with van der Waals surface area (Å²) in [6.45, 7) is 5.22. The molecule has 0 amide bonds. The van der Waals surface area contributed by atoms with Crippen LogP contribution < -0.4 is 0 Å². The van der Waals surface area contributed by atoms with Crippen molar-refractivity contribution in [3.05, 3.63) is 5.82 Å². The number of aliphatic carboxylic acids is 1. The number of rotatable bonds is 7. The lowest BCUT2D eigenvalue weighted by molar-refractivity contribution is -0.138. The second-order valence-corrected chi connectivity index (χ2v) is 7.90. The van der Waals surface area contributed by atoms with E-state index in [4.69, 9.17) is 5.11 Å². The molecule has 20 heavy (non-hydrogen) atoms. The molecule has 0 aliphatic carbocycles. The minimum Gasteiger partial charge on any atom is -0.481 e. The number of carboxylic acids is 1. The van der Waals surface area contributed by atoms with Crippen molar-refractivity contribution in [2.75, 3.05) is 6.26 Å². The van der Waals surface area contributed by atoms with Gasteiger partial charge in [-0.15, -0.1) is 5.10 Å². The average Bonchev–Trinajstić information content (AvgIpc) is 2.74. The summed E-state index contributed by atoms with van der Waals surface area (Å²) in [6.07, 6.45) is 1.76. The van der Waals surface area contributed by atoms with Crippen LogP contribution in [0.5, 0.6) is 0 Å². The van der Waals surface area contributed by atoms with Gasteiger partial charge in [-0.25, -0.2) is 13.1 Å². The van der Waals surface area contributed by atoms with Crippen molar-refractivity contribution in [1.82, 2.24) is 20.2 Å². The number of tetrazole rings is 1. The van der Waals surface area contributed by atoms with Crippen molar-refractivity contribution >= 4 is 15.8 Å². The molecule has 0 saturated carbocycles. The van der Waals surface area contributed by atoms with Crippen molar-refractivity contribution in [1.29, 1.82) is 0 Å². The molecule has 8 nitrogen and oxygen atoms in total. The van der Waals surface area contributed by atoms with Gasteiger partial charge in [0, 0.05) is 19.2 Å². The van der Waals surface area contributed by atoms with Crippen LogP contribution in [-0.2, 0) is 25.9 Å². The molecule has 0 aliphatic heterocycles. The summed E-state index contributed by atoms with van der Waals surface area (Å²) in [4.78, 5) is 10.8. The fraction of sp³-hybridized carbons (Fsp3) is 0.818. The lowest BCUT2D eigenvalue weighted by Gasteiger charge is -2.22. The highest BCUT2D eigenvalue weighted by Gasteiger charge is 2.38. The maximum absolute atomic E-state index is 11.8. The molecule has 1 aromatic heterocycles. The Morgan fingerprint density at radius 2 is 2.05 bits per heavy atom. The normalized spacial score (nSPS) is 14.2. The second-order valence-electron chi connectivity index (χ2n) is 5.34. The van der Waals surface area contributed by atoms with E-state index in [1.807, 2.05) is 6.92 Å². The van der Waals surface area contributed by atoms with Crippen molar-refractivity contribution < 1.29 is 18.3 Å². The third kappa shape index (κ3) is 3.53. The molecule has 0 aliphatic rings. The zero-order valence-corrected chi connectivity index (χ0v) is 12.9. The van der Waals surface area contributed by atoms with E-state index in [9.17, 15) is 13.2 Å². The molecule has 0 radical (unpaired) electrons. The van der Waals surface area contributed by atoms with Gasteiger partial charge in [0.2, 0.25) is 0 Å². The van der Waals surface area contributed by atoms with Crippen LogP contribution in [0.25, 0.3) is 0 Å². The molecule has 1 atom stereocenters. The summed E-state index contributed by atoms with van der Waals surface area (Å²) in [5.74, 6) is -0.817. The summed E-state index contributed by atoms with van der Waals surface area (Å²) in [6, 6.07) is 0. The van der Waals surface area contributed by atoms with Gasteiger partial charge < -0.3 is 5.11 Å². The van der Waals surface area contributed by atoms with E-state index in [1.54, 1.807) is 0 Å². The highest BCUT2D eigenvalue weighted by atomic mass is 32.2. The molecule has 0 spiro atoms. The molecule has 1 heterocycles. The summed E-state index contributed by atoms with van der Waals surface area (Å²) >= 11 is 0. The fourth-order valence-corrected chi connectivity index (χ4v) is 2.23. The summed E-state index contributed by atoms with van der Waals surface area (Å²) in [7, 11) is -3.39. The molecule has 114 valence electrons. The molecular weight excluding hydrogens is 284 g/mol. The number of nitrogens with zero attached hydrogens (tertiary/aromatic N) is 4. The van der Waals surface area contributed by atoms with Gasteiger partial charge in [-0.1, -0.05) is 13.3 Å². The number of carbonyl (C=O) groups is 1. The lowest BCUT2D eigenvalue weighted by Crippen LogP contribution is -2.33. The van der Waals surface area contributed by atoms with E-state index in [-0.39, 0.29) is 24.7 Å². The quantitative estimate of drug-likeness (QED) is 0.777. The second kappa shape index (κ2) is 5.86. The van der Waals surface area contributed by atoms with Crippen molar-refractivity contribution in [3.63, 3.8) is 0 Å². The highest BCUT2D eigenvalue weighted by molar-refractivity contribution is 7.91. The van der Waals surface area contributed by atoms with Crippen LogP contribution in [0.3, 0.4) is 0 Å². The maximum atomic E-state index is 11.8. The first-order valence-corrected chi connectivity index (χ1v) is 8.16. The number of hydrogen-bond donors (Lipinski definition) is 1. The van der Waals surface area contributed by atoms with Crippen molar-refractivity contribution in [2.24, 2.45) is 5.92 Å². The Bertz CT molecular complexity index is 579. The smallest absolute Gasteiger partial charge is 0.303 e. The average molecular weight is 304 g/mol. The number of sulfone groups is 1. The molecule has 0 bridgehead atoms. The third-order valence-corrected chi connectivity index (χ3v) is 5.51. The first-order valence-electron chi connectivity index (χ1n) is 6.27. The van der Waals surface area contributed by atoms with Crippen LogP contribution in [0, 0.1) is 5.92 Å². The number of hydrogen-bond acceptors (Lipinski definition) is 6. The zero-order valence-electron chi connectivity index (χ0n) is 12.1. The van der Waals surface area contributed by atoms with Gasteiger partial charge in [0.05, 0.1) is 0 Å². The highest BCUT2D eigenvalue weighted by Crippen LogP contribution is 2.27. The van der Waals surface area contributed by atoms with Gasteiger partial charge >= 0.3 is 5.97 Å². The van der Waals surface area contributed by atoms with Gasteiger partial charge in [0.1, 0.15) is 4.75 Å². The Kier molecular flexibility index (Phi) is 4.85. The number of carboxylic acid groups (broad SMARTS) is 1. The SMILES string of the molecule is CCC(CC(=O)O)Cn1nnnc1C(C)(C)S(C)(=O)=O. The molecule has 9 heteroatoms. The van der Waals surface area contributed by atoms with Gasteiger partial charge in [0.25, 0.3) is 0 Å². The largest absolute Gasteiger partial charge is 0.481 e. The fourth-order valence-electron chi connectivity index (χ4n) is 1.75. The maximum Gasteiger partial charge on any atom is 0.303 e. The Labute approximate surface area is 118 Å². The molecule has 1 N–H and O–H groups in total. The minimum absolute atomic E-state index is 0.00486. The van der Waals surface area contributed by atoms with Gasteiger partial charge in [0.15, 0.2) is 15.7 Å². The molecule has 1 rings (SSSR count).